The predicted octanol–water partition coefficient (Wildman–Crippen LogP) is -2.14. The number of carboxylic acid groups (broad SMARTS) is 4. The maximum Gasteiger partial charge on any atom is 0.346 e. The maximum atomic E-state index is 11.9. The molecule has 188 valence electrons. The lowest BCUT2D eigenvalue weighted by atomic mass is 10.1. The summed E-state index contributed by atoms with van der Waals surface area (Å²) in [5, 5.41) is 35.5. The zero-order valence-corrected chi connectivity index (χ0v) is 17.6. The van der Waals surface area contributed by atoms with Crippen molar-refractivity contribution in [2.45, 2.75) is 75.3 Å². The SMILES string of the molecule is NC(CCC(=O)OC(C(=O)O)C(N)CCC(=O)O)CC(=O)OC(C(=O)O)C(N)CCC(=O)O. The monoisotopic (exact) mass is 479 g/mol. The van der Waals surface area contributed by atoms with Crippen molar-refractivity contribution in [1.82, 2.24) is 0 Å². The summed E-state index contributed by atoms with van der Waals surface area (Å²) in [6.45, 7) is 0. The van der Waals surface area contributed by atoms with Gasteiger partial charge in [0.15, 0.2) is 0 Å². The lowest BCUT2D eigenvalue weighted by Gasteiger charge is -2.21. The van der Waals surface area contributed by atoms with E-state index in [1.165, 1.54) is 0 Å². The fourth-order valence-electron chi connectivity index (χ4n) is 2.53. The van der Waals surface area contributed by atoms with Crippen LogP contribution in [-0.4, -0.2) is 86.6 Å². The first-order chi connectivity index (χ1) is 15.2. The molecule has 0 radical (unpaired) electrons. The molecule has 15 nitrogen and oxygen atoms in total. The zero-order chi connectivity index (χ0) is 25.7. The highest BCUT2D eigenvalue weighted by Gasteiger charge is 2.31. The molecule has 0 saturated heterocycles. The summed E-state index contributed by atoms with van der Waals surface area (Å²) in [6.07, 6.45) is -6.00. The van der Waals surface area contributed by atoms with Crippen molar-refractivity contribution in [2.75, 3.05) is 0 Å². The number of carboxylic acids is 4. The average molecular weight is 479 g/mol. The minimum Gasteiger partial charge on any atom is -0.481 e. The minimum absolute atomic E-state index is 0.159. The van der Waals surface area contributed by atoms with Gasteiger partial charge < -0.3 is 47.1 Å². The summed E-state index contributed by atoms with van der Waals surface area (Å²) in [4.78, 5) is 67.4. The van der Waals surface area contributed by atoms with Gasteiger partial charge >= 0.3 is 35.8 Å². The third-order valence-electron chi connectivity index (χ3n) is 4.31. The van der Waals surface area contributed by atoms with E-state index >= 15 is 0 Å². The number of hydrogen-bond acceptors (Lipinski definition) is 11. The second-order valence-electron chi connectivity index (χ2n) is 7.19. The van der Waals surface area contributed by atoms with Crippen molar-refractivity contribution >= 4 is 35.8 Å². The largest absolute Gasteiger partial charge is 0.481 e. The van der Waals surface area contributed by atoms with Gasteiger partial charge in [-0.2, -0.15) is 0 Å². The number of esters is 2. The van der Waals surface area contributed by atoms with E-state index in [0.29, 0.717) is 0 Å². The van der Waals surface area contributed by atoms with Crippen molar-refractivity contribution in [3.8, 4) is 0 Å². The van der Waals surface area contributed by atoms with Crippen LogP contribution in [0.3, 0.4) is 0 Å². The standard InChI is InChI=1S/C18H29N3O12/c19-8(7-14(27)33-16(18(30)31)10(21)3-5-12(24)25)1-6-13(26)32-15(17(28)29)9(20)2-4-11(22)23/h8-10,15-16H,1-7,19-21H2,(H,22,23)(H,24,25)(H,28,29)(H,30,31). The molecule has 0 spiro atoms. The molecule has 0 amide bonds. The van der Waals surface area contributed by atoms with Crippen LogP contribution in [0.25, 0.3) is 0 Å². The van der Waals surface area contributed by atoms with Crippen LogP contribution >= 0.6 is 0 Å². The molecule has 10 N–H and O–H groups in total. The molecule has 0 aliphatic heterocycles. The zero-order valence-electron chi connectivity index (χ0n) is 17.6. The summed E-state index contributed by atoms with van der Waals surface area (Å²) < 4.78 is 9.53. The number of ether oxygens (including phenoxy) is 2. The number of hydrogen-bond donors (Lipinski definition) is 7. The molecule has 0 bridgehead atoms. The van der Waals surface area contributed by atoms with Crippen LogP contribution in [0.4, 0.5) is 0 Å². The summed E-state index contributed by atoms with van der Waals surface area (Å²) in [6, 6.07) is -3.52. The molecule has 5 unspecified atom stereocenters. The Bertz CT molecular complexity index is 728. The van der Waals surface area contributed by atoms with Crippen molar-refractivity contribution in [2.24, 2.45) is 17.2 Å². The summed E-state index contributed by atoms with van der Waals surface area (Å²) >= 11 is 0. The van der Waals surface area contributed by atoms with Crippen LogP contribution in [0.15, 0.2) is 0 Å². The van der Waals surface area contributed by atoms with Gasteiger partial charge in [-0.15, -0.1) is 0 Å². The first-order valence-electron chi connectivity index (χ1n) is 9.79. The van der Waals surface area contributed by atoms with E-state index in [1.807, 2.05) is 0 Å². The molecule has 0 aliphatic rings. The molecule has 0 saturated carbocycles. The van der Waals surface area contributed by atoms with E-state index in [9.17, 15) is 28.8 Å². The molecule has 0 aromatic rings. The van der Waals surface area contributed by atoms with Gasteiger partial charge in [0.25, 0.3) is 0 Å². The molecule has 0 aromatic carbocycles. The Morgan fingerprint density at radius 3 is 1.36 bits per heavy atom. The van der Waals surface area contributed by atoms with Gasteiger partial charge in [-0.1, -0.05) is 0 Å². The van der Waals surface area contributed by atoms with Crippen molar-refractivity contribution in [3.05, 3.63) is 0 Å². The Labute approximate surface area is 187 Å². The van der Waals surface area contributed by atoms with Gasteiger partial charge in [0.2, 0.25) is 12.2 Å². The molecule has 0 aromatic heterocycles. The van der Waals surface area contributed by atoms with Crippen LogP contribution in [0, 0.1) is 0 Å². The quantitative estimate of drug-likeness (QED) is 0.110. The van der Waals surface area contributed by atoms with E-state index in [2.05, 4.69) is 0 Å². The van der Waals surface area contributed by atoms with Gasteiger partial charge in [-0.05, 0) is 19.3 Å². The summed E-state index contributed by atoms with van der Waals surface area (Å²) in [7, 11) is 0. The lowest BCUT2D eigenvalue weighted by molar-refractivity contribution is -0.166. The molecule has 15 heteroatoms. The van der Waals surface area contributed by atoms with Crippen LogP contribution < -0.4 is 17.2 Å². The van der Waals surface area contributed by atoms with Gasteiger partial charge in [0.05, 0.1) is 18.5 Å². The van der Waals surface area contributed by atoms with Crippen LogP contribution in [0.5, 0.6) is 0 Å². The Balaban J connectivity index is 4.64. The molecule has 0 fully saturated rings. The summed E-state index contributed by atoms with van der Waals surface area (Å²) in [5.41, 5.74) is 16.9. The van der Waals surface area contributed by atoms with Crippen molar-refractivity contribution in [1.29, 1.82) is 0 Å². The Hall–Kier alpha value is -3.30. The van der Waals surface area contributed by atoms with Crippen LogP contribution in [0.2, 0.25) is 0 Å². The van der Waals surface area contributed by atoms with E-state index in [1.54, 1.807) is 0 Å². The average Bonchev–Trinajstić information content (AvgIpc) is 2.70. The molecule has 0 rings (SSSR count). The smallest absolute Gasteiger partial charge is 0.346 e. The lowest BCUT2D eigenvalue weighted by Crippen LogP contribution is -2.45. The molecule has 5 atom stereocenters. The van der Waals surface area contributed by atoms with Gasteiger partial charge in [0, 0.05) is 25.3 Å². The highest BCUT2D eigenvalue weighted by Crippen LogP contribution is 2.11. The van der Waals surface area contributed by atoms with Gasteiger partial charge in [-0.25, -0.2) is 9.59 Å². The van der Waals surface area contributed by atoms with Crippen molar-refractivity contribution in [3.63, 3.8) is 0 Å². The fourth-order valence-corrected chi connectivity index (χ4v) is 2.53. The molecule has 33 heavy (non-hydrogen) atoms. The fraction of sp³-hybridized carbons (Fsp3) is 0.667. The number of carbonyl (C=O) groups is 6. The third kappa shape index (κ3) is 13.0. The number of nitrogens with two attached hydrogens (primary N) is 3. The second-order valence-corrected chi connectivity index (χ2v) is 7.19. The van der Waals surface area contributed by atoms with E-state index in [0.717, 1.165) is 0 Å². The van der Waals surface area contributed by atoms with E-state index < -0.39 is 91.8 Å². The van der Waals surface area contributed by atoms with Crippen LogP contribution in [-0.2, 0) is 38.2 Å². The molecular formula is C18H29N3O12. The van der Waals surface area contributed by atoms with E-state index in [4.69, 9.17) is 47.1 Å². The van der Waals surface area contributed by atoms with Gasteiger partial charge in [-0.3, -0.25) is 19.2 Å². The Kier molecular flexibility index (Phi) is 13.2. The van der Waals surface area contributed by atoms with Gasteiger partial charge in [0.1, 0.15) is 0 Å². The number of aliphatic carboxylic acids is 4. The number of carbonyl (C=O) groups excluding carboxylic acids is 2. The maximum absolute atomic E-state index is 11.9. The first kappa shape index (κ1) is 29.7. The predicted molar refractivity (Wildman–Crippen MR) is 107 cm³/mol. The third-order valence-corrected chi connectivity index (χ3v) is 4.31. The molecule has 0 heterocycles. The van der Waals surface area contributed by atoms with E-state index in [-0.39, 0.29) is 19.3 Å². The normalized spacial score (nSPS) is 15.4. The molecular weight excluding hydrogens is 450 g/mol. The minimum atomic E-state index is -1.79. The second kappa shape index (κ2) is 14.7. The Morgan fingerprint density at radius 2 is 1.00 bits per heavy atom. The highest BCUT2D eigenvalue weighted by molar-refractivity contribution is 5.80. The Morgan fingerprint density at radius 1 is 0.606 bits per heavy atom. The first-order valence-corrected chi connectivity index (χ1v) is 9.79. The number of rotatable bonds is 17. The topological polar surface area (TPSA) is 280 Å². The highest BCUT2D eigenvalue weighted by atomic mass is 16.6. The van der Waals surface area contributed by atoms with Crippen LogP contribution in [0.1, 0.15) is 44.9 Å². The van der Waals surface area contributed by atoms with Crippen molar-refractivity contribution < 1.29 is 58.7 Å². The molecule has 0 aliphatic carbocycles. The summed E-state index contributed by atoms with van der Waals surface area (Å²) in [5.74, 6) is -7.59.